The number of urea groups is 1. The van der Waals surface area contributed by atoms with Gasteiger partial charge in [-0.1, -0.05) is 12.1 Å². The van der Waals surface area contributed by atoms with Crippen LogP contribution in [0.2, 0.25) is 0 Å². The lowest BCUT2D eigenvalue weighted by Gasteiger charge is -2.33. The molecule has 1 fully saturated rings. The summed E-state index contributed by atoms with van der Waals surface area (Å²) in [6.45, 7) is 5.82. The van der Waals surface area contributed by atoms with Crippen LogP contribution in [0.4, 0.5) is 9.18 Å². The molecule has 1 heterocycles. The lowest BCUT2D eigenvalue weighted by atomic mass is 10.1. The van der Waals surface area contributed by atoms with Gasteiger partial charge in [0.15, 0.2) is 0 Å². The van der Waals surface area contributed by atoms with Crippen molar-refractivity contribution < 1.29 is 18.7 Å². The minimum atomic E-state index is -0.277. The number of benzene rings is 2. The highest BCUT2D eigenvalue weighted by molar-refractivity contribution is 5.74. The predicted molar refractivity (Wildman–Crippen MR) is 106 cm³/mol. The molecule has 2 aromatic rings. The van der Waals surface area contributed by atoms with Crippen LogP contribution in [0, 0.1) is 5.82 Å². The van der Waals surface area contributed by atoms with Crippen LogP contribution >= 0.6 is 0 Å². The van der Waals surface area contributed by atoms with E-state index in [1.165, 1.54) is 12.1 Å². The number of nitrogens with zero attached hydrogens (tertiary/aromatic N) is 1. The van der Waals surface area contributed by atoms with Gasteiger partial charge in [-0.2, -0.15) is 0 Å². The van der Waals surface area contributed by atoms with Gasteiger partial charge in [0, 0.05) is 25.9 Å². The molecule has 28 heavy (non-hydrogen) atoms. The van der Waals surface area contributed by atoms with Crippen molar-refractivity contribution in [1.82, 2.24) is 10.2 Å². The van der Waals surface area contributed by atoms with Crippen LogP contribution in [0.1, 0.15) is 38.3 Å². The van der Waals surface area contributed by atoms with Crippen LogP contribution in [0.25, 0.3) is 0 Å². The zero-order chi connectivity index (χ0) is 19.9. The monoisotopic (exact) mass is 386 g/mol. The Bertz CT molecular complexity index is 756. The SMILES string of the molecule is CCOc1ccc(C(C)NC(=O)N2CCC(Oc3ccc(F)cc3)CC2)cc1. The van der Waals surface area contributed by atoms with Gasteiger partial charge in [0.2, 0.25) is 0 Å². The van der Waals surface area contributed by atoms with Gasteiger partial charge in [0.1, 0.15) is 23.4 Å². The van der Waals surface area contributed by atoms with Crippen LogP contribution in [-0.2, 0) is 0 Å². The molecule has 1 aliphatic rings. The summed E-state index contributed by atoms with van der Waals surface area (Å²) in [7, 11) is 0. The molecule has 1 aliphatic heterocycles. The Morgan fingerprint density at radius 3 is 2.32 bits per heavy atom. The Labute approximate surface area is 165 Å². The molecule has 150 valence electrons. The fourth-order valence-electron chi connectivity index (χ4n) is 3.26. The van der Waals surface area contributed by atoms with Crippen LogP contribution in [0.15, 0.2) is 48.5 Å². The quantitative estimate of drug-likeness (QED) is 0.793. The first-order valence-corrected chi connectivity index (χ1v) is 9.75. The lowest BCUT2D eigenvalue weighted by Crippen LogP contribution is -2.47. The third-order valence-electron chi connectivity index (χ3n) is 4.88. The molecular weight excluding hydrogens is 359 g/mol. The molecule has 0 radical (unpaired) electrons. The Morgan fingerprint density at radius 1 is 1.11 bits per heavy atom. The molecule has 2 amide bonds. The van der Waals surface area contributed by atoms with Crippen LogP contribution in [-0.4, -0.2) is 36.7 Å². The molecule has 5 nitrogen and oxygen atoms in total. The number of ether oxygens (including phenoxy) is 2. The number of hydrogen-bond donors (Lipinski definition) is 1. The number of nitrogens with one attached hydrogen (secondary N) is 1. The van der Waals surface area contributed by atoms with Crippen molar-refractivity contribution >= 4 is 6.03 Å². The van der Waals surface area contributed by atoms with Crippen LogP contribution in [0.5, 0.6) is 11.5 Å². The van der Waals surface area contributed by atoms with Gasteiger partial charge in [0.25, 0.3) is 0 Å². The normalized spacial score (nSPS) is 15.8. The average Bonchev–Trinajstić information content (AvgIpc) is 2.71. The lowest BCUT2D eigenvalue weighted by molar-refractivity contribution is 0.110. The molecular formula is C22H27FN2O3. The highest BCUT2D eigenvalue weighted by Crippen LogP contribution is 2.21. The predicted octanol–water partition coefficient (Wildman–Crippen LogP) is 4.54. The zero-order valence-electron chi connectivity index (χ0n) is 16.4. The number of halogens is 1. The number of piperidine rings is 1. The summed E-state index contributed by atoms with van der Waals surface area (Å²) < 4.78 is 24.3. The molecule has 2 aromatic carbocycles. The number of likely N-dealkylation sites (tertiary alicyclic amines) is 1. The van der Waals surface area contributed by atoms with Gasteiger partial charge in [-0.15, -0.1) is 0 Å². The second-order valence-electron chi connectivity index (χ2n) is 6.93. The van der Waals surface area contributed by atoms with Crippen molar-refractivity contribution in [1.29, 1.82) is 0 Å². The first kappa shape index (κ1) is 20.0. The molecule has 0 aliphatic carbocycles. The summed E-state index contributed by atoms with van der Waals surface area (Å²) in [6.07, 6.45) is 1.54. The summed E-state index contributed by atoms with van der Waals surface area (Å²) in [5, 5.41) is 3.05. The van der Waals surface area contributed by atoms with E-state index in [0.717, 1.165) is 24.2 Å². The number of amides is 2. The minimum Gasteiger partial charge on any atom is -0.494 e. The van der Waals surface area contributed by atoms with Crippen molar-refractivity contribution in [2.24, 2.45) is 0 Å². The molecule has 1 atom stereocenters. The fraction of sp³-hybridized carbons (Fsp3) is 0.409. The maximum Gasteiger partial charge on any atom is 0.317 e. The molecule has 0 spiro atoms. The van der Waals surface area contributed by atoms with E-state index in [2.05, 4.69) is 5.32 Å². The van der Waals surface area contributed by atoms with Gasteiger partial charge in [-0.05, 0) is 55.8 Å². The highest BCUT2D eigenvalue weighted by Gasteiger charge is 2.25. The third-order valence-corrected chi connectivity index (χ3v) is 4.88. The van der Waals surface area contributed by atoms with E-state index in [4.69, 9.17) is 9.47 Å². The van der Waals surface area contributed by atoms with Gasteiger partial charge >= 0.3 is 6.03 Å². The summed E-state index contributed by atoms with van der Waals surface area (Å²) >= 11 is 0. The zero-order valence-corrected chi connectivity index (χ0v) is 16.4. The largest absolute Gasteiger partial charge is 0.494 e. The van der Waals surface area contributed by atoms with Gasteiger partial charge in [0.05, 0.1) is 12.6 Å². The van der Waals surface area contributed by atoms with E-state index in [0.29, 0.717) is 25.4 Å². The second-order valence-corrected chi connectivity index (χ2v) is 6.93. The Kier molecular flexibility index (Phi) is 6.74. The summed E-state index contributed by atoms with van der Waals surface area (Å²) in [5.74, 6) is 1.21. The summed E-state index contributed by atoms with van der Waals surface area (Å²) in [4.78, 5) is 14.4. The van der Waals surface area contributed by atoms with E-state index < -0.39 is 0 Å². The molecule has 0 aromatic heterocycles. The first-order valence-electron chi connectivity index (χ1n) is 9.75. The average molecular weight is 386 g/mol. The van der Waals surface area contributed by atoms with Gasteiger partial charge in [-0.3, -0.25) is 0 Å². The smallest absolute Gasteiger partial charge is 0.317 e. The maximum absolute atomic E-state index is 13.0. The standard InChI is InChI=1S/C22H27FN2O3/c1-3-27-19-8-4-17(5-9-19)16(2)24-22(26)25-14-12-21(13-15-25)28-20-10-6-18(23)7-11-20/h4-11,16,21H,3,12-15H2,1-2H3,(H,24,26). The van der Waals surface area contributed by atoms with Gasteiger partial charge < -0.3 is 19.7 Å². The topological polar surface area (TPSA) is 50.8 Å². The van der Waals surface area contributed by atoms with Crippen LogP contribution < -0.4 is 14.8 Å². The summed E-state index contributed by atoms with van der Waals surface area (Å²) in [6, 6.07) is 13.7. The number of hydrogen-bond acceptors (Lipinski definition) is 3. The van der Waals surface area contributed by atoms with Crippen molar-refractivity contribution in [3.63, 3.8) is 0 Å². The molecule has 0 saturated carbocycles. The number of carbonyl (C=O) groups excluding carboxylic acids is 1. The molecule has 1 N–H and O–H groups in total. The first-order chi connectivity index (χ1) is 13.5. The Morgan fingerprint density at radius 2 is 1.71 bits per heavy atom. The summed E-state index contributed by atoms with van der Waals surface area (Å²) in [5.41, 5.74) is 1.03. The Hall–Kier alpha value is -2.76. The van der Waals surface area contributed by atoms with Crippen molar-refractivity contribution in [2.75, 3.05) is 19.7 Å². The maximum atomic E-state index is 13.0. The van der Waals surface area contributed by atoms with E-state index in [1.54, 1.807) is 12.1 Å². The van der Waals surface area contributed by atoms with E-state index >= 15 is 0 Å². The minimum absolute atomic E-state index is 0.0399. The van der Waals surface area contributed by atoms with Crippen molar-refractivity contribution in [3.05, 3.63) is 59.9 Å². The van der Waals surface area contributed by atoms with Crippen molar-refractivity contribution in [2.45, 2.75) is 38.8 Å². The molecule has 0 bridgehead atoms. The highest BCUT2D eigenvalue weighted by atomic mass is 19.1. The molecule has 1 unspecified atom stereocenters. The van der Waals surface area contributed by atoms with E-state index in [9.17, 15) is 9.18 Å². The molecule has 3 rings (SSSR count). The fourth-order valence-corrected chi connectivity index (χ4v) is 3.26. The Balaban J connectivity index is 1.46. The second kappa shape index (κ2) is 9.44. The number of rotatable bonds is 6. The van der Waals surface area contributed by atoms with Crippen molar-refractivity contribution in [3.8, 4) is 11.5 Å². The van der Waals surface area contributed by atoms with E-state index in [1.807, 2.05) is 43.0 Å². The van der Waals surface area contributed by atoms with Gasteiger partial charge in [-0.25, -0.2) is 9.18 Å². The third kappa shape index (κ3) is 5.38. The molecule has 1 saturated heterocycles. The molecule has 6 heteroatoms. The number of carbonyl (C=O) groups is 1. The van der Waals surface area contributed by atoms with E-state index in [-0.39, 0.29) is 24.0 Å². The van der Waals surface area contributed by atoms with Crippen LogP contribution in [0.3, 0.4) is 0 Å².